The molecule has 0 fully saturated rings. The normalized spacial score (nSPS) is 12.7. The predicted molar refractivity (Wildman–Crippen MR) is 168 cm³/mol. The molecule has 3 heteroatoms. The van der Waals surface area contributed by atoms with Crippen LogP contribution in [0.4, 0.5) is 0 Å². The number of hydrogen-bond acceptors (Lipinski definition) is 3. The lowest BCUT2D eigenvalue weighted by atomic mass is 9.92. The van der Waals surface area contributed by atoms with E-state index in [9.17, 15) is 4.79 Å². The van der Waals surface area contributed by atoms with E-state index in [-0.39, 0.29) is 12.1 Å². The molecule has 2 atom stereocenters. The third-order valence-electron chi connectivity index (χ3n) is 7.89. The molecule has 216 valence electrons. The largest absolute Gasteiger partial charge is 0.423 e. The molecular weight excluding hydrogens is 492 g/mol. The highest BCUT2D eigenvalue weighted by atomic mass is 16.5. The molecule has 0 heterocycles. The minimum atomic E-state index is -0.335. The quantitative estimate of drug-likeness (QED) is 0.0911. The highest BCUT2D eigenvalue weighted by Gasteiger charge is 2.12. The first-order valence-electron chi connectivity index (χ1n) is 15.7. The van der Waals surface area contributed by atoms with Gasteiger partial charge in [0.2, 0.25) is 0 Å². The summed E-state index contributed by atoms with van der Waals surface area (Å²) in [5, 5.41) is 0. The molecule has 0 saturated heterocycles. The van der Waals surface area contributed by atoms with Crippen LogP contribution >= 0.6 is 0 Å². The molecule has 3 nitrogen and oxygen atoms in total. The standard InChI is InChI=1S/C37H50O3/c1-5-8-9-10-11-12-13-14-28-39-29(4)31-16-18-33(19-17-31)34-20-22-35(23-21-34)37(38)40-36-26-24-32(25-27-36)30(7-3)15-6-2/h16-27,29-30H,5-15,28H2,1-4H3. The Morgan fingerprint density at radius 1 is 0.650 bits per heavy atom. The van der Waals surface area contributed by atoms with Crippen molar-refractivity contribution in [3.63, 3.8) is 0 Å². The predicted octanol–water partition coefficient (Wildman–Crippen LogP) is 11.1. The van der Waals surface area contributed by atoms with Crippen LogP contribution in [0.15, 0.2) is 72.8 Å². The number of carbonyl (C=O) groups is 1. The van der Waals surface area contributed by atoms with Gasteiger partial charge in [0.15, 0.2) is 0 Å². The maximum Gasteiger partial charge on any atom is 0.343 e. The van der Waals surface area contributed by atoms with Gasteiger partial charge >= 0.3 is 5.97 Å². The van der Waals surface area contributed by atoms with Gasteiger partial charge in [-0.2, -0.15) is 0 Å². The molecule has 0 bridgehead atoms. The summed E-state index contributed by atoms with van der Waals surface area (Å²) >= 11 is 0. The van der Waals surface area contributed by atoms with Gasteiger partial charge in [-0.05, 0) is 78.6 Å². The van der Waals surface area contributed by atoms with Crippen LogP contribution in [-0.4, -0.2) is 12.6 Å². The Hall–Kier alpha value is -2.91. The molecule has 0 aromatic heterocycles. The van der Waals surface area contributed by atoms with Crippen molar-refractivity contribution in [2.24, 2.45) is 0 Å². The molecule has 0 amide bonds. The van der Waals surface area contributed by atoms with Crippen molar-refractivity contribution in [2.45, 2.75) is 110 Å². The van der Waals surface area contributed by atoms with Crippen LogP contribution in [0.3, 0.4) is 0 Å². The van der Waals surface area contributed by atoms with Gasteiger partial charge in [-0.1, -0.05) is 121 Å². The van der Waals surface area contributed by atoms with Crippen LogP contribution in [0.25, 0.3) is 11.1 Å². The Morgan fingerprint density at radius 2 is 1.20 bits per heavy atom. The van der Waals surface area contributed by atoms with Crippen molar-refractivity contribution in [3.05, 3.63) is 89.5 Å². The zero-order chi connectivity index (χ0) is 28.6. The lowest BCUT2D eigenvalue weighted by Crippen LogP contribution is -2.08. The second kappa shape index (κ2) is 17.7. The zero-order valence-corrected chi connectivity index (χ0v) is 25.3. The van der Waals surface area contributed by atoms with Crippen molar-refractivity contribution < 1.29 is 14.3 Å². The van der Waals surface area contributed by atoms with Gasteiger partial charge in [0.05, 0.1) is 11.7 Å². The second-order valence-electron chi connectivity index (χ2n) is 11.0. The average Bonchev–Trinajstić information content (AvgIpc) is 2.99. The first kappa shape index (κ1) is 31.6. The molecule has 0 spiro atoms. The van der Waals surface area contributed by atoms with Crippen molar-refractivity contribution >= 4 is 5.97 Å². The smallest absolute Gasteiger partial charge is 0.343 e. The molecule has 0 radical (unpaired) electrons. The summed E-state index contributed by atoms with van der Waals surface area (Å²) in [5.41, 5.74) is 5.23. The van der Waals surface area contributed by atoms with Crippen LogP contribution < -0.4 is 4.74 Å². The summed E-state index contributed by atoms with van der Waals surface area (Å²) in [7, 11) is 0. The van der Waals surface area contributed by atoms with E-state index in [1.807, 2.05) is 36.4 Å². The zero-order valence-electron chi connectivity index (χ0n) is 25.3. The summed E-state index contributed by atoms with van der Waals surface area (Å²) in [5.74, 6) is 0.808. The molecule has 2 unspecified atom stereocenters. The molecule has 0 aliphatic heterocycles. The molecule has 0 saturated carbocycles. The van der Waals surface area contributed by atoms with Gasteiger partial charge in [0, 0.05) is 6.61 Å². The van der Waals surface area contributed by atoms with E-state index in [1.54, 1.807) is 0 Å². The SMILES string of the molecule is CCCCCCCCCCOC(C)c1ccc(-c2ccc(C(=O)Oc3ccc(C(CC)CCC)cc3)cc2)cc1. The molecule has 3 aromatic carbocycles. The number of carbonyl (C=O) groups excluding carboxylic acids is 1. The van der Waals surface area contributed by atoms with Crippen molar-refractivity contribution in [1.82, 2.24) is 0 Å². The Balaban J connectivity index is 1.45. The fourth-order valence-corrected chi connectivity index (χ4v) is 5.27. The van der Waals surface area contributed by atoms with Gasteiger partial charge in [-0.25, -0.2) is 4.79 Å². The molecular formula is C37H50O3. The number of rotatable bonds is 18. The Labute approximate surface area is 243 Å². The van der Waals surface area contributed by atoms with Crippen LogP contribution in [0.2, 0.25) is 0 Å². The van der Waals surface area contributed by atoms with Gasteiger partial charge in [-0.15, -0.1) is 0 Å². The molecule has 0 aliphatic rings. The van der Waals surface area contributed by atoms with Crippen LogP contribution in [0.5, 0.6) is 5.75 Å². The summed E-state index contributed by atoms with van der Waals surface area (Å²) in [6.07, 6.45) is 14.0. The van der Waals surface area contributed by atoms with Gasteiger partial charge in [-0.3, -0.25) is 0 Å². The number of unbranched alkanes of at least 4 members (excludes halogenated alkanes) is 7. The van der Waals surface area contributed by atoms with Crippen molar-refractivity contribution in [2.75, 3.05) is 6.61 Å². The monoisotopic (exact) mass is 542 g/mol. The van der Waals surface area contributed by atoms with Crippen molar-refractivity contribution in [3.8, 4) is 16.9 Å². The maximum absolute atomic E-state index is 12.7. The minimum Gasteiger partial charge on any atom is -0.423 e. The van der Waals surface area contributed by atoms with E-state index < -0.39 is 0 Å². The first-order chi connectivity index (χ1) is 19.5. The number of esters is 1. The molecule has 0 aliphatic carbocycles. The fourth-order valence-electron chi connectivity index (χ4n) is 5.27. The topological polar surface area (TPSA) is 35.5 Å². The van der Waals surface area contributed by atoms with E-state index in [1.165, 1.54) is 68.9 Å². The summed E-state index contributed by atoms with van der Waals surface area (Å²) in [6, 6.07) is 24.2. The van der Waals surface area contributed by atoms with E-state index in [0.29, 0.717) is 17.2 Å². The molecule has 0 N–H and O–H groups in total. The van der Waals surface area contributed by atoms with Crippen molar-refractivity contribution in [1.29, 1.82) is 0 Å². The van der Waals surface area contributed by atoms with Crippen LogP contribution in [0, 0.1) is 0 Å². The fraction of sp³-hybridized carbons (Fsp3) is 0.486. The van der Waals surface area contributed by atoms with Gasteiger partial charge in [0.1, 0.15) is 5.75 Å². The highest BCUT2D eigenvalue weighted by molar-refractivity contribution is 5.91. The lowest BCUT2D eigenvalue weighted by Gasteiger charge is -2.15. The third-order valence-corrected chi connectivity index (χ3v) is 7.89. The lowest BCUT2D eigenvalue weighted by molar-refractivity contribution is 0.0627. The Morgan fingerprint density at radius 3 is 1.77 bits per heavy atom. The van der Waals surface area contributed by atoms with E-state index in [4.69, 9.17) is 9.47 Å². The van der Waals surface area contributed by atoms with E-state index in [0.717, 1.165) is 30.6 Å². The van der Waals surface area contributed by atoms with Gasteiger partial charge in [0.25, 0.3) is 0 Å². The number of hydrogen-bond donors (Lipinski definition) is 0. The number of benzene rings is 3. The molecule has 3 aromatic rings. The minimum absolute atomic E-state index is 0.0873. The van der Waals surface area contributed by atoms with Crippen LogP contribution in [0.1, 0.15) is 132 Å². The Kier molecular flexibility index (Phi) is 14.0. The van der Waals surface area contributed by atoms with Crippen LogP contribution in [-0.2, 0) is 4.74 Å². The summed E-state index contributed by atoms with van der Waals surface area (Å²) in [4.78, 5) is 12.7. The van der Waals surface area contributed by atoms with E-state index in [2.05, 4.69) is 64.1 Å². The maximum atomic E-state index is 12.7. The third kappa shape index (κ3) is 10.2. The average molecular weight is 543 g/mol. The number of ether oxygens (including phenoxy) is 2. The first-order valence-corrected chi connectivity index (χ1v) is 15.7. The Bertz CT molecular complexity index is 1100. The van der Waals surface area contributed by atoms with E-state index >= 15 is 0 Å². The molecule has 40 heavy (non-hydrogen) atoms. The second-order valence-corrected chi connectivity index (χ2v) is 11.0. The molecule has 3 rings (SSSR count). The highest BCUT2D eigenvalue weighted by Crippen LogP contribution is 2.27. The van der Waals surface area contributed by atoms with Gasteiger partial charge < -0.3 is 9.47 Å². The summed E-state index contributed by atoms with van der Waals surface area (Å²) in [6.45, 7) is 9.65. The summed E-state index contributed by atoms with van der Waals surface area (Å²) < 4.78 is 11.7.